The van der Waals surface area contributed by atoms with Crippen LogP contribution in [-0.4, -0.2) is 6.61 Å². The van der Waals surface area contributed by atoms with Crippen LogP contribution in [0.5, 0.6) is 5.75 Å². The Morgan fingerprint density at radius 1 is 1.10 bits per heavy atom. The molecule has 0 aliphatic rings. The highest BCUT2D eigenvalue weighted by molar-refractivity contribution is 5.28. The molecule has 106 valence electrons. The standard InChI is InChI=1S/C18H23NO/c1-3-15-7-5-8-16(13-15)18(19)10-11-20-17-9-4-6-14(2)12-17/h4-9,12-13,18H,3,10-11,19H2,1-2H3. The third kappa shape index (κ3) is 4.10. The molecule has 1 atom stereocenters. The Kier molecular flexibility index (Phi) is 5.19. The maximum atomic E-state index is 6.23. The van der Waals surface area contributed by atoms with Gasteiger partial charge in [0.1, 0.15) is 5.75 Å². The van der Waals surface area contributed by atoms with Gasteiger partial charge in [0.15, 0.2) is 0 Å². The molecule has 2 nitrogen and oxygen atoms in total. The molecular formula is C18H23NO. The predicted octanol–water partition coefficient (Wildman–Crippen LogP) is 4.03. The summed E-state index contributed by atoms with van der Waals surface area (Å²) in [6.45, 7) is 4.86. The molecule has 20 heavy (non-hydrogen) atoms. The van der Waals surface area contributed by atoms with E-state index in [1.165, 1.54) is 16.7 Å². The number of rotatable bonds is 6. The van der Waals surface area contributed by atoms with Gasteiger partial charge in [0.05, 0.1) is 6.61 Å². The van der Waals surface area contributed by atoms with Crippen LogP contribution in [0.2, 0.25) is 0 Å². The second-order valence-electron chi connectivity index (χ2n) is 5.16. The Morgan fingerprint density at radius 3 is 2.65 bits per heavy atom. The first-order valence-corrected chi connectivity index (χ1v) is 7.23. The third-order valence-corrected chi connectivity index (χ3v) is 3.47. The highest BCUT2D eigenvalue weighted by Gasteiger charge is 2.06. The molecule has 0 heterocycles. The van der Waals surface area contributed by atoms with E-state index in [4.69, 9.17) is 10.5 Å². The van der Waals surface area contributed by atoms with Crippen molar-refractivity contribution in [3.63, 3.8) is 0 Å². The summed E-state index contributed by atoms with van der Waals surface area (Å²) in [6.07, 6.45) is 1.86. The lowest BCUT2D eigenvalue weighted by molar-refractivity contribution is 0.298. The number of aryl methyl sites for hydroxylation is 2. The molecule has 0 bridgehead atoms. The van der Waals surface area contributed by atoms with Crippen molar-refractivity contribution < 1.29 is 4.74 Å². The summed E-state index contributed by atoms with van der Waals surface area (Å²) in [5.74, 6) is 0.916. The van der Waals surface area contributed by atoms with Gasteiger partial charge in [-0.3, -0.25) is 0 Å². The van der Waals surface area contributed by atoms with E-state index < -0.39 is 0 Å². The molecule has 0 fully saturated rings. The zero-order valence-corrected chi connectivity index (χ0v) is 12.3. The fourth-order valence-electron chi connectivity index (χ4n) is 2.22. The minimum absolute atomic E-state index is 0.0336. The zero-order valence-electron chi connectivity index (χ0n) is 12.3. The van der Waals surface area contributed by atoms with E-state index in [0.717, 1.165) is 18.6 Å². The molecule has 2 heteroatoms. The molecule has 0 aliphatic heterocycles. The van der Waals surface area contributed by atoms with Crippen LogP contribution in [-0.2, 0) is 6.42 Å². The minimum Gasteiger partial charge on any atom is -0.494 e. The Hall–Kier alpha value is -1.80. The summed E-state index contributed by atoms with van der Waals surface area (Å²) in [5.41, 5.74) is 9.97. The van der Waals surface area contributed by atoms with Crippen molar-refractivity contribution in [2.24, 2.45) is 5.73 Å². The fraction of sp³-hybridized carbons (Fsp3) is 0.333. The maximum absolute atomic E-state index is 6.23. The van der Waals surface area contributed by atoms with E-state index in [2.05, 4.69) is 44.2 Å². The van der Waals surface area contributed by atoms with Gasteiger partial charge < -0.3 is 10.5 Å². The van der Waals surface area contributed by atoms with E-state index in [9.17, 15) is 0 Å². The molecular weight excluding hydrogens is 246 g/mol. The molecule has 0 aromatic heterocycles. The van der Waals surface area contributed by atoms with Gasteiger partial charge in [0.2, 0.25) is 0 Å². The smallest absolute Gasteiger partial charge is 0.119 e. The highest BCUT2D eigenvalue weighted by Crippen LogP contribution is 2.18. The Labute approximate surface area is 121 Å². The summed E-state index contributed by atoms with van der Waals surface area (Å²) in [4.78, 5) is 0. The lowest BCUT2D eigenvalue weighted by Gasteiger charge is -2.14. The second kappa shape index (κ2) is 7.11. The van der Waals surface area contributed by atoms with Gasteiger partial charge in [-0.1, -0.05) is 43.3 Å². The van der Waals surface area contributed by atoms with Crippen molar-refractivity contribution in [3.05, 3.63) is 65.2 Å². The fourth-order valence-corrected chi connectivity index (χ4v) is 2.22. The van der Waals surface area contributed by atoms with Crippen molar-refractivity contribution >= 4 is 0 Å². The molecule has 0 radical (unpaired) electrons. The van der Waals surface area contributed by atoms with Crippen LogP contribution in [0.3, 0.4) is 0 Å². The molecule has 0 saturated carbocycles. The summed E-state index contributed by atoms with van der Waals surface area (Å²) < 4.78 is 5.76. The van der Waals surface area contributed by atoms with Gasteiger partial charge in [0.25, 0.3) is 0 Å². The van der Waals surface area contributed by atoms with Crippen LogP contribution in [0.1, 0.15) is 36.1 Å². The van der Waals surface area contributed by atoms with Gasteiger partial charge in [0, 0.05) is 12.5 Å². The quantitative estimate of drug-likeness (QED) is 0.859. The van der Waals surface area contributed by atoms with E-state index in [1.807, 2.05) is 18.2 Å². The molecule has 0 amide bonds. The average Bonchev–Trinajstić information content (AvgIpc) is 2.47. The largest absolute Gasteiger partial charge is 0.494 e. The van der Waals surface area contributed by atoms with Crippen LogP contribution in [0.25, 0.3) is 0 Å². The Bertz CT molecular complexity index is 551. The summed E-state index contributed by atoms with van der Waals surface area (Å²) in [7, 11) is 0. The van der Waals surface area contributed by atoms with Gasteiger partial charge in [-0.25, -0.2) is 0 Å². The maximum Gasteiger partial charge on any atom is 0.119 e. The Morgan fingerprint density at radius 2 is 1.90 bits per heavy atom. The molecule has 2 aromatic rings. The lowest BCUT2D eigenvalue weighted by Crippen LogP contribution is -2.14. The number of hydrogen-bond donors (Lipinski definition) is 1. The molecule has 0 saturated heterocycles. The first-order chi connectivity index (χ1) is 9.69. The SMILES string of the molecule is CCc1cccc(C(N)CCOc2cccc(C)c2)c1. The highest BCUT2D eigenvalue weighted by atomic mass is 16.5. The minimum atomic E-state index is 0.0336. The monoisotopic (exact) mass is 269 g/mol. The molecule has 0 aliphatic carbocycles. The van der Waals surface area contributed by atoms with E-state index in [-0.39, 0.29) is 6.04 Å². The van der Waals surface area contributed by atoms with E-state index in [0.29, 0.717) is 6.61 Å². The molecule has 2 N–H and O–H groups in total. The summed E-state index contributed by atoms with van der Waals surface area (Å²) in [5, 5.41) is 0. The molecule has 2 aromatic carbocycles. The van der Waals surface area contributed by atoms with Crippen LogP contribution in [0.4, 0.5) is 0 Å². The second-order valence-corrected chi connectivity index (χ2v) is 5.16. The van der Waals surface area contributed by atoms with Crippen LogP contribution >= 0.6 is 0 Å². The first-order valence-electron chi connectivity index (χ1n) is 7.23. The molecule has 2 rings (SSSR count). The lowest BCUT2D eigenvalue weighted by atomic mass is 10.0. The first kappa shape index (κ1) is 14.6. The van der Waals surface area contributed by atoms with Gasteiger partial charge in [-0.15, -0.1) is 0 Å². The van der Waals surface area contributed by atoms with Crippen molar-refractivity contribution in [1.82, 2.24) is 0 Å². The van der Waals surface area contributed by atoms with E-state index >= 15 is 0 Å². The van der Waals surface area contributed by atoms with Gasteiger partial charge in [-0.05, 0) is 42.2 Å². The zero-order chi connectivity index (χ0) is 14.4. The average molecular weight is 269 g/mol. The number of nitrogens with two attached hydrogens (primary N) is 1. The van der Waals surface area contributed by atoms with Crippen molar-refractivity contribution in [2.75, 3.05) is 6.61 Å². The van der Waals surface area contributed by atoms with Gasteiger partial charge >= 0.3 is 0 Å². The van der Waals surface area contributed by atoms with Crippen LogP contribution < -0.4 is 10.5 Å². The summed E-state index contributed by atoms with van der Waals surface area (Å²) in [6, 6.07) is 16.6. The molecule has 0 spiro atoms. The third-order valence-electron chi connectivity index (χ3n) is 3.47. The molecule has 1 unspecified atom stereocenters. The van der Waals surface area contributed by atoms with E-state index in [1.54, 1.807) is 0 Å². The van der Waals surface area contributed by atoms with Crippen molar-refractivity contribution in [1.29, 1.82) is 0 Å². The Balaban J connectivity index is 1.87. The summed E-state index contributed by atoms with van der Waals surface area (Å²) >= 11 is 0. The van der Waals surface area contributed by atoms with Crippen molar-refractivity contribution in [3.8, 4) is 5.75 Å². The predicted molar refractivity (Wildman–Crippen MR) is 84.0 cm³/mol. The number of hydrogen-bond acceptors (Lipinski definition) is 2. The van der Waals surface area contributed by atoms with Crippen molar-refractivity contribution in [2.45, 2.75) is 32.7 Å². The number of ether oxygens (including phenoxy) is 1. The topological polar surface area (TPSA) is 35.2 Å². The number of benzene rings is 2. The normalized spacial score (nSPS) is 12.2. The van der Waals surface area contributed by atoms with Gasteiger partial charge in [-0.2, -0.15) is 0 Å². The van der Waals surface area contributed by atoms with Crippen LogP contribution in [0.15, 0.2) is 48.5 Å². The van der Waals surface area contributed by atoms with Crippen LogP contribution in [0, 0.1) is 6.92 Å².